The number of hydrogen-bond donors (Lipinski definition) is 0. The van der Waals surface area contributed by atoms with Crippen molar-refractivity contribution in [2.24, 2.45) is 0 Å². The molecule has 0 aromatic rings. The molecule has 0 spiro atoms. The van der Waals surface area contributed by atoms with Gasteiger partial charge in [-0.1, -0.05) is 31.9 Å². The van der Waals surface area contributed by atoms with Crippen molar-refractivity contribution in [3.8, 4) is 0 Å². The molecule has 1 aliphatic heterocycles. The van der Waals surface area contributed by atoms with Gasteiger partial charge >= 0.3 is 5.97 Å². The lowest BCUT2D eigenvalue weighted by atomic mass is 10.1. The number of unbranched alkanes of at least 4 members (excludes halogenated alkanes) is 3. The maximum atomic E-state index is 10.9. The lowest BCUT2D eigenvalue weighted by Crippen LogP contribution is -2.17. The Labute approximate surface area is 85.6 Å². The first-order valence-electron chi connectivity index (χ1n) is 5.36. The summed E-state index contributed by atoms with van der Waals surface area (Å²) in [5.74, 6) is -0.223. The van der Waals surface area contributed by atoms with Crippen LogP contribution in [0.4, 0.5) is 0 Å². The number of allylic oxidation sites excluding steroid dienone is 1. The van der Waals surface area contributed by atoms with Crippen molar-refractivity contribution in [3.63, 3.8) is 0 Å². The number of carbonyl (C=O) groups excluding carboxylic acids is 1. The Balaban J connectivity index is 2.17. The predicted molar refractivity (Wildman–Crippen MR) is 56.9 cm³/mol. The summed E-state index contributed by atoms with van der Waals surface area (Å²) in [6.07, 6.45) is 13.1. The third kappa shape index (κ3) is 4.26. The van der Waals surface area contributed by atoms with Crippen LogP contribution >= 0.6 is 0 Å². The Morgan fingerprint density at radius 2 is 2.43 bits per heavy atom. The highest BCUT2D eigenvalue weighted by molar-refractivity contribution is 5.82. The fourth-order valence-electron chi connectivity index (χ4n) is 1.41. The van der Waals surface area contributed by atoms with Crippen molar-refractivity contribution < 1.29 is 9.53 Å². The van der Waals surface area contributed by atoms with Crippen LogP contribution in [0.2, 0.25) is 0 Å². The highest BCUT2D eigenvalue weighted by atomic mass is 16.5. The molecule has 0 N–H and O–H groups in total. The van der Waals surface area contributed by atoms with E-state index in [9.17, 15) is 4.79 Å². The van der Waals surface area contributed by atoms with E-state index in [4.69, 9.17) is 4.74 Å². The molecule has 78 valence electrons. The zero-order valence-electron chi connectivity index (χ0n) is 8.74. The molecule has 1 heterocycles. The molecule has 1 atom stereocenters. The molecule has 1 rings (SSSR count). The molecule has 0 radical (unpaired) electrons. The first kappa shape index (κ1) is 11.0. The number of rotatable bonds is 5. The molecular weight excluding hydrogens is 176 g/mol. The van der Waals surface area contributed by atoms with Crippen molar-refractivity contribution >= 4 is 5.97 Å². The standard InChI is InChI=1S/C12H18O2/c1-2-3-4-5-6-8-11-9-7-10-12(13)14-11/h6-8,10-11H,2-5,9H2,1H3/b8-6-. The Morgan fingerprint density at radius 3 is 3.14 bits per heavy atom. The zero-order chi connectivity index (χ0) is 10.2. The fourth-order valence-corrected chi connectivity index (χ4v) is 1.41. The number of ether oxygens (including phenoxy) is 1. The minimum Gasteiger partial charge on any atom is -0.455 e. The zero-order valence-corrected chi connectivity index (χ0v) is 8.74. The van der Waals surface area contributed by atoms with E-state index < -0.39 is 0 Å². The van der Waals surface area contributed by atoms with E-state index >= 15 is 0 Å². The van der Waals surface area contributed by atoms with E-state index in [0.29, 0.717) is 0 Å². The fraction of sp³-hybridized carbons (Fsp3) is 0.583. The van der Waals surface area contributed by atoms with Gasteiger partial charge in [0.2, 0.25) is 0 Å². The monoisotopic (exact) mass is 194 g/mol. The SMILES string of the molecule is CCCCC/C=C\C1CC=CC(=O)O1. The van der Waals surface area contributed by atoms with Gasteiger partial charge < -0.3 is 4.74 Å². The van der Waals surface area contributed by atoms with Crippen molar-refractivity contribution in [2.75, 3.05) is 0 Å². The summed E-state index contributed by atoms with van der Waals surface area (Å²) in [6.45, 7) is 2.19. The summed E-state index contributed by atoms with van der Waals surface area (Å²) < 4.78 is 5.08. The highest BCUT2D eigenvalue weighted by Gasteiger charge is 2.11. The van der Waals surface area contributed by atoms with Crippen LogP contribution in [0.25, 0.3) is 0 Å². The summed E-state index contributed by atoms with van der Waals surface area (Å²) in [6, 6.07) is 0. The Kier molecular flexibility index (Phi) is 5.05. The third-order valence-electron chi connectivity index (χ3n) is 2.21. The molecule has 1 unspecified atom stereocenters. The van der Waals surface area contributed by atoms with Gasteiger partial charge in [-0.3, -0.25) is 0 Å². The lowest BCUT2D eigenvalue weighted by Gasteiger charge is -2.14. The van der Waals surface area contributed by atoms with Crippen LogP contribution in [0.5, 0.6) is 0 Å². The molecule has 1 aliphatic rings. The Morgan fingerprint density at radius 1 is 1.57 bits per heavy atom. The Hall–Kier alpha value is -1.05. The predicted octanol–water partition coefficient (Wildman–Crippen LogP) is 2.99. The van der Waals surface area contributed by atoms with Gasteiger partial charge in [0.1, 0.15) is 6.10 Å². The highest BCUT2D eigenvalue weighted by Crippen LogP contribution is 2.09. The first-order valence-corrected chi connectivity index (χ1v) is 5.36. The smallest absolute Gasteiger partial charge is 0.331 e. The van der Waals surface area contributed by atoms with Crippen molar-refractivity contribution in [1.29, 1.82) is 0 Å². The van der Waals surface area contributed by atoms with Crippen molar-refractivity contribution in [3.05, 3.63) is 24.3 Å². The first-order chi connectivity index (χ1) is 6.83. The van der Waals surface area contributed by atoms with Gasteiger partial charge in [-0.25, -0.2) is 4.79 Å². The van der Waals surface area contributed by atoms with E-state index in [1.54, 1.807) is 0 Å². The molecule has 0 aromatic heterocycles. The quantitative estimate of drug-likeness (QED) is 0.382. The van der Waals surface area contributed by atoms with Gasteiger partial charge in [-0.15, -0.1) is 0 Å². The topological polar surface area (TPSA) is 26.3 Å². The third-order valence-corrected chi connectivity index (χ3v) is 2.21. The summed E-state index contributed by atoms with van der Waals surface area (Å²) in [5, 5.41) is 0. The van der Waals surface area contributed by atoms with Crippen molar-refractivity contribution in [2.45, 2.75) is 45.1 Å². The second kappa shape index (κ2) is 6.41. The molecule has 0 fully saturated rings. The maximum absolute atomic E-state index is 10.9. The minimum atomic E-state index is -0.223. The number of hydrogen-bond acceptors (Lipinski definition) is 2. The van der Waals surface area contributed by atoms with Crippen LogP contribution in [0.15, 0.2) is 24.3 Å². The van der Waals surface area contributed by atoms with E-state index in [1.807, 2.05) is 12.2 Å². The maximum Gasteiger partial charge on any atom is 0.331 e. The Bertz CT molecular complexity index is 228. The van der Waals surface area contributed by atoms with Crippen molar-refractivity contribution in [1.82, 2.24) is 0 Å². The van der Waals surface area contributed by atoms with Gasteiger partial charge in [-0.05, 0) is 18.9 Å². The van der Waals surface area contributed by atoms with Gasteiger partial charge in [0.05, 0.1) is 0 Å². The molecule has 0 saturated heterocycles. The molecule has 0 amide bonds. The molecular formula is C12H18O2. The molecule has 14 heavy (non-hydrogen) atoms. The van der Waals surface area contributed by atoms with E-state index in [1.165, 1.54) is 25.3 Å². The average Bonchev–Trinajstić information content (AvgIpc) is 2.18. The summed E-state index contributed by atoms with van der Waals surface area (Å²) in [4.78, 5) is 10.9. The second-order valence-electron chi connectivity index (χ2n) is 3.54. The molecule has 2 heteroatoms. The van der Waals surface area contributed by atoms with Crippen LogP contribution in [-0.4, -0.2) is 12.1 Å². The molecule has 0 bridgehead atoms. The van der Waals surface area contributed by atoms with Crippen LogP contribution in [0, 0.1) is 0 Å². The van der Waals surface area contributed by atoms with Gasteiger partial charge in [-0.2, -0.15) is 0 Å². The minimum absolute atomic E-state index is 0.0332. The van der Waals surface area contributed by atoms with Crippen LogP contribution < -0.4 is 0 Å². The van der Waals surface area contributed by atoms with E-state index in [2.05, 4.69) is 13.0 Å². The van der Waals surface area contributed by atoms with Crippen LogP contribution in [0.3, 0.4) is 0 Å². The van der Waals surface area contributed by atoms with Gasteiger partial charge in [0.25, 0.3) is 0 Å². The summed E-state index contributed by atoms with van der Waals surface area (Å²) in [7, 11) is 0. The van der Waals surface area contributed by atoms with Crippen LogP contribution in [-0.2, 0) is 9.53 Å². The van der Waals surface area contributed by atoms with Gasteiger partial charge in [0.15, 0.2) is 0 Å². The summed E-state index contributed by atoms with van der Waals surface area (Å²) in [5.41, 5.74) is 0. The second-order valence-corrected chi connectivity index (χ2v) is 3.54. The number of esters is 1. The molecule has 2 nitrogen and oxygen atoms in total. The molecule has 0 saturated carbocycles. The molecule has 0 aromatic carbocycles. The van der Waals surface area contributed by atoms with Crippen LogP contribution in [0.1, 0.15) is 39.0 Å². The lowest BCUT2D eigenvalue weighted by molar-refractivity contribution is -0.141. The largest absolute Gasteiger partial charge is 0.455 e. The van der Waals surface area contributed by atoms with E-state index in [0.717, 1.165) is 12.8 Å². The number of cyclic esters (lactones) is 1. The normalized spacial score (nSPS) is 21.5. The molecule has 0 aliphatic carbocycles. The average molecular weight is 194 g/mol. The number of carbonyl (C=O) groups is 1. The summed E-state index contributed by atoms with van der Waals surface area (Å²) >= 11 is 0. The van der Waals surface area contributed by atoms with E-state index in [-0.39, 0.29) is 12.1 Å². The van der Waals surface area contributed by atoms with Gasteiger partial charge in [0, 0.05) is 12.5 Å².